The lowest BCUT2D eigenvalue weighted by Crippen LogP contribution is -2.38. The summed E-state index contributed by atoms with van der Waals surface area (Å²) in [7, 11) is 0. The summed E-state index contributed by atoms with van der Waals surface area (Å²) in [6.07, 6.45) is 6.16. The molecule has 0 aliphatic heterocycles. The third kappa shape index (κ3) is 5.67. The maximum atomic E-state index is 14.9. The molecule has 2 nitrogen and oxygen atoms in total. The minimum absolute atomic E-state index is 0.0968. The Hall–Kier alpha value is -1.46. The molecule has 0 N–H and O–H groups in total. The molecular formula is C25H36F4O2. The van der Waals surface area contributed by atoms with Gasteiger partial charge in [-0.1, -0.05) is 32.6 Å². The molecule has 0 unspecified atom stereocenters. The van der Waals surface area contributed by atoms with Crippen molar-refractivity contribution in [2.45, 2.75) is 91.1 Å². The van der Waals surface area contributed by atoms with Gasteiger partial charge in [-0.05, 0) is 81.8 Å². The Kier molecular flexibility index (Phi) is 8.14. The largest absolute Gasteiger partial charge is 0.491 e. The van der Waals surface area contributed by atoms with E-state index in [4.69, 9.17) is 9.47 Å². The molecule has 0 saturated heterocycles. The number of aryl methyl sites for hydroxylation is 1. The minimum atomic E-state index is -3.53. The number of hydrogen-bond donors (Lipinski definition) is 0. The molecule has 0 atom stereocenters. The molecule has 0 radical (unpaired) electrons. The van der Waals surface area contributed by atoms with E-state index in [-0.39, 0.29) is 17.9 Å². The summed E-state index contributed by atoms with van der Waals surface area (Å²) < 4.78 is 68.2. The fraction of sp³-hybridized carbons (Fsp3) is 0.760. The van der Waals surface area contributed by atoms with Gasteiger partial charge in [0.2, 0.25) is 11.6 Å². The maximum Gasteiger partial charge on any atom is 0.400 e. The van der Waals surface area contributed by atoms with Crippen LogP contribution in [-0.4, -0.2) is 12.7 Å². The average molecular weight is 445 g/mol. The number of ether oxygens (including phenoxy) is 2. The molecule has 2 saturated carbocycles. The van der Waals surface area contributed by atoms with Gasteiger partial charge in [0.05, 0.1) is 12.5 Å². The van der Waals surface area contributed by atoms with Gasteiger partial charge < -0.3 is 9.47 Å². The fourth-order valence-electron chi connectivity index (χ4n) is 5.59. The third-order valence-electron chi connectivity index (χ3n) is 7.35. The second-order valence-electron chi connectivity index (χ2n) is 9.43. The number of alkyl halides is 2. The van der Waals surface area contributed by atoms with Gasteiger partial charge in [0.1, 0.15) is 0 Å². The highest BCUT2D eigenvalue weighted by atomic mass is 19.3. The molecule has 1 aromatic rings. The molecule has 31 heavy (non-hydrogen) atoms. The first-order chi connectivity index (χ1) is 14.8. The molecule has 176 valence electrons. The Labute approximate surface area is 183 Å². The number of hydrogen-bond acceptors (Lipinski definition) is 2. The van der Waals surface area contributed by atoms with Crippen LogP contribution in [0.4, 0.5) is 17.6 Å². The molecule has 2 aliphatic carbocycles. The Morgan fingerprint density at radius 1 is 0.903 bits per heavy atom. The highest BCUT2D eigenvalue weighted by Gasteiger charge is 2.46. The summed E-state index contributed by atoms with van der Waals surface area (Å²) >= 11 is 0. The molecule has 0 heterocycles. The zero-order valence-electron chi connectivity index (χ0n) is 19.0. The molecule has 0 amide bonds. The first-order valence-electron chi connectivity index (χ1n) is 11.9. The second-order valence-corrected chi connectivity index (χ2v) is 9.43. The summed E-state index contributed by atoms with van der Waals surface area (Å²) in [6, 6.07) is 1.21. The highest BCUT2D eigenvalue weighted by molar-refractivity contribution is 5.42. The molecular weight excluding hydrogens is 408 g/mol. The van der Waals surface area contributed by atoms with Gasteiger partial charge in [-0.25, -0.2) is 0 Å². The van der Waals surface area contributed by atoms with Crippen LogP contribution < -0.4 is 9.47 Å². The predicted octanol–water partition coefficient (Wildman–Crippen LogP) is 8.06. The first kappa shape index (κ1) is 24.2. The van der Waals surface area contributed by atoms with Crippen LogP contribution in [0, 0.1) is 42.2 Å². The van der Waals surface area contributed by atoms with Gasteiger partial charge in [0.15, 0.2) is 11.5 Å². The lowest BCUT2D eigenvalue weighted by atomic mass is 9.68. The van der Waals surface area contributed by atoms with Crippen molar-refractivity contribution in [3.63, 3.8) is 0 Å². The van der Waals surface area contributed by atoms with Gasteiger partial charge in [0, 0.05) is 0 Å². The molecule has 3 rings (SSSR count). The quantitative estimate of drug-likeness (QED) is 0.378. The minimum Gasteiger partial charge on any atom is -0.491 e. The Bertz CT molecular complexity index is 721. The second kappa shape index (κ2) is 10.4. The lowest BCUT2D eigenvalue weighted by Gasteiger charge is -2.39. The predicted molar refractivity (Wildman–Crippen MR) is 114 cm³/mol. The van der Waals surface area contributed by atoms with Crippen LogP contribution >= 0.6 is 0 Å². The fourth-order valence-corrected chi connectivity index (χ4v) is 5.59. The first-order valence-corrected chi connectivity index (χ1v) is 11.9. The summed E-state index contributed by atoms with van der Waals surface area (Å²) in [4.78, 5) is 0. The van der Waals surface area contributed by atoms with Crippen molar-refractivity contribution in [2.75, 3.05) is 6.61 Å². The van der Waals surface area contributed by atoms with Crippen molar-refractivity contribution in [2.24, 2.45) is 23.7 Å². The topological polar surface area (TPSA) is 18.5 Å². The van der Waals surface area contributed by atoms with Crippen LogP contribution in [0.25, 0.3) is 0 Å². The molecule has 0 aromatic heterocycles. The standard InChI is InChI=1S/C25H36F4O2/c1-4-6-17-7-9-18(10-8-17)19-11-13-20(14-12-19)25(28,29)31-24-16(3)15-21(30-5-2)22(26)23(24)27/h15,17-20H,4-14H2,1-3H3. The summed E-state index contributed by atoms with van der Waals surface area (Å²) in [5, 5.41) is 0. The normalized spacial score (nSPS) is 27.2. The zero-order chi connectivity index (χ0) is 22.6. The SMILES string of the molecule is CCCC1CCC(C2CCC(C(F)(F)Oc3c(C)cc(OCC)c(F)c3F)CC2)CC1. The van der Waals surface area contributed by atoms with E-state index < -0.39 is 29.4 Å². The Morgan fingerprint density at radius 2 is 1.48 bits per heavy atom. The van der Waals surface area contributed by atoms with E-state index in [0.29, 0.717) is 24.7 Å². The molecule has 6 heteroatoms. The van der Waals surface area contributed by atoms with Crippen LogP contribution in [0.5, 0.6) is 11.5 Å². The van der Waals surface area contributed by atoms with Crippen LogP contribution in [0.2, 0.25) is 0 Å². The number of halogens is 4. The summed E-state index contributed by atoms with van der Waals surface area (Å²) in [5.74, 6) is -2.72. The van der Waals surface area contributed by atoms with Gasteiger partial charge in [-0.15, -0.1) is 0 Å². The van der Waals surface area contributed by atoms with Crippen molar-refractivity contribution in [1.82, 2.24) is 0 Å². The van der Waals surface area contributed by atoms with E-state index in [1.165, 1.54) is 51.5 Å². The van der Waals surface area contributed by atoms with Crippen LogP contribution in [0.3, 0.4) is 0 Å². The molecule has 2 aliphatic rings. The maximum absolute atomic E-state index is 14.9. The zero-order valence-corrected chi connectivity index (χ0v) is 19.0. The Balaban J connectivity index is 1.59. The van der Waals surface area contributed by atoms with Crippen LogP contribution in [0.1, 0.15) is 83.6 Å². The van der Waals surface area contributed by atoms with Crippen molar-refractivity contribution in [3.8, 4) is 11.5 Å². The lowest BCUT2D eigenvalue weighted by molar-refractivity contribution is -0.225. The van der Waals surface area contributed by atoms with E-state index in [0.717, 1.165) is 18.8 Å². The summed E-state index contributed by atoms with van der Waals surface area (Å²) in [6.45, 7) is 5.43. The van der Waals surface area contributed by atoms with Crippen molar-refractivity contribution >= 4 is 0 Å². The van der Waals surface area contributed by atoms with Crippen LogP contribution in [0.15, 0.2) is 6.07 Å². The Morgan fingerprint density at radius 3 is 2.03 bits per heavy atom. The van der Waals surface area contributed by atoms with Gasteiger partial charge in [-0.3, -0.25) is 0 Å². The molecule has 0 spiro atoms. The monoisotopic (exact) mass is 444 g/mol. The van der Waals surface area contributed by atoms with Crippen molar-refractivity contribution in [3.05, 3.63) is 23.3 Å². The van der Waals surface area contributed by atoms with Crippen LogP contribution in [-0.2, 0) is 0 Å². The van der Waals surface area contributed by atoms with Gasteiger partial charge >= 0.3 is 6.11 Å². The van der Waals surface area contributed by atoms with Crippen molar-refractivity contribution < 1.29 is 27.0 Å². The number of rotatable bonds is 8. The van der Waals surface area contributed by atoms with E-state index in [9.17, 15) is 17.6 Å². The third-order valence-corrected chi connectivity index (χ3v) is 7.35. The summed E-state index contributed by atoms with van der Waals surface area (Å²) in [5.41, 5.74) is 0.0968. The van der Waals surface area contributed by atoms with Gasteiger partial charge in [0.25, 0.3) is 0 Å². The van der Waals surface area contributed by atoms with E-state index >= 15 is 0 Å². The van der Waals surface area contributed by atoms with Crippen molar-refractivity contribution in [1.29, 1.82) is 0 Å². The molecule has 1 aromatic carbocycles. The number of benzene rings is 1. The van der Waals surface area contributed by atoms with Gasteiger partial charge in [-0.2, -0.15) is 17.6 Å². The highest BCUT2D eigenvalue weighted by Crippen LogP contribution is 2.46. The molecule has 0 bridgehead atoms. The molecule has 2 fully saturated rings. The van der Waals surface area contributed by atoms with E-state index in [1.807, 2.05) is 0 Å². The average Bonchev–Trinajstić information content (AvgIpc) is 2.76. The smallest absolute Gasteiger partial charge is 0.400 e. The van der Waals surface area contributed by atoms with E-state index in [1.54, 1.807) is 6.92 Å². The van der Waals surface area contributed by atoms with E-state index in [2.05, 4.69) is 6.92 Å².